The van der Waals surface area contributed by atoms with Gasteiger partial charge in [0.25, 0.3) is 0 Å². The molecule has 0 spiro atoms. The van der Waals surface area contributed by atoms with Crippen molar-refractivity contribution < 1.29 is 23.8 Å². The molecule has 6 nitrogen and oxygen atoms in total. The van der Waals surface area contributed by atoms with Gasteiger partial charge in [-0.3, -0.25) is 9.69 Å². The number of hydrogen-bond donors (Lipinski definition) is 2. The zero-order valence-corrected chi connectivity index (χ0v) is 14.4. The highest BCUT2D eigenvalue weighted by Gasteiger charge is 2.41. The Labute approximate surface area is 144 Å². The van der Waals surface area contributed by atoms with E-state index in [1.807, 2.05) is 0 Å². The molecule has 1 saturated heterocycles. The quantitative estimate of drug-likeness (QED) is 0.818. The van der Waals surface area contributed by atoms with Crippen LogP contribution in [-0.4, -0.2) is 51.2 Å². The molecule has 1 amide bonds. The van der Waals surface area contributed by atoms with E-state index in [1.165, 1.54) is 29.3 Å². The molecule has 2 N–H and O–H groups in total. The molecule has 1 aliphatic heterocycles. The fourth-order valence-electron chi connectivity index (χ4n) is 3.07. The number of aromatic nitrogens is 1. The molecule has 0 unspecified atom stereocenters. The summed E-state index contributed by atoms with van der Waals surface area (Å²) in [5.74, 6) is -0.708. The minimum Gasteiger partial charge on any atom is -0.444 e. The van der Waals surface area contributed by atoms with Crippen LogP contribution in [0.5, 0.6) is 0 Å². The van der Waals surface area contributed by atoms with E-state index in [0.717, 1.165) is 0 Å². The summed E-state index contributed by atoms with van der Waals surface area (Å²) in [4.78, 5) is 29.5. The minimum atomic E-state index is -0.811. The topological polar surface area (TPSA) is 82.6 Å². The number of hydrogen-bond acceptors (Lipinski definition) is 4. The second kappa shape index (κ2) is 6.15. The van der Waals surface area contributed by atoms with Crippen LogP contribution in [0.1, 0.15) is 37.6 Å². The summed E-state index contributed by atoms with van der Waals surface area (Å²) >= 11 is 0. The molecule has 0 saturated carbocycles. The number of ketones is 1. The van der Waals surface area contributed by atoms with Crippen molar-refractivity contribution in [2.45, 2.75) is 44.9 Å². The summed E-state index contributed by atoms with van der Waals surface area (Å²) in [7, 11) is 0. The number of aliphatic hydroxyl groups is 1. The molecule has 1 aliphatic rings. The molecule has 0 aliphatic carbocycles. The fourth-order valence-corrected chi connectivity index (χ4v) is 3.07. The molecule has 1 aromatic heterocycles. The molecule has 2 aromatic rings. The highest BCUT2D eigenvalue weighted by molar-refractivity contribution is 6.11. The Bertz CT molecular complexity index is 824. The second-order valence-electron chi connectivity index (χ2n) is 7.29. The number of ether oxygens (including phenoxy) is 1. The first kappa shape index (κ1) is 17.4. The third-order valence-electron chi connectivity index (χ3n) is 4.12. The standard InChI is InChI=1S/C18H21FN2O4/c1-18(2,3)25-17(24)21-9-11(22)7-15(21)16(23)13-8-20-14-6-10(19)4-5-12(13)14/h4-6,8,11,15,20,22H,7,9H2,1-3H3/t11-,15-/m0/s1. The van der Waals surface area contributed by atoms with Gasteiger partial charge in [0, 0.05) is 29.1 Å². The van der Waals surface area contributed by atoms with Crippen molar-refractivity contribution >= 4 is 22.8 Å². The van der Waals surface area contributed by atoms with Crippen LogP contribution >= 0.6 is 0 Å². The number of carbonyl (C=O) groups is 2. The van der Waals surface area contributed by atoms with E-state index in [1.54, 1.807) is 20.8 Å². The number of fused-ring (bicyclic) bond motifs is 1. The van der Waals surface area contributed by atoms with Crippen LogP contribution < -0.4 is 0 Å². The Morgan fingerprint density at radius 2 is 2.08 bits per heavy atom. The fraction of sp³-hybridized carbons (Fsp3) is 0.444. The molecule has 134 valence electrons. The molecular weight excluding hydrogens is 327 g/mol. The molecule has 7 heteroatoms. The summed E-state index contributed by atoms with van der Waals surface area (Å²) in [5.41, 5.74) is 0.171. The maximum absolute atomic E-state index is 13.3. The lowest BCUT2D eigenvalue weighted by Gasteiger charge is -2.27. The van der Waals surface area contributed by atoms with E-state index in [0.29, 0.717) is 16.5 Å². The van der Waals surface area contributed by atoms with Gasteiger partial charge in [0.15, 0.2) is 5.78 Å². The molecule has 0 radical (unpaired) electrons. The molecular formula is C18H21FN2O4. The van der Waals surface area contributed by atoms with Crippen molar-refractivity contribution in [1.82, 2.24) is 9.88 Å². The number of Topliss-reactive ketones (excluding diaryl/α,β-unsaturated/α-hetero) is 1. The van der Waals surface area contributed by atoms with Crippen LogP contribution in [-0.2, 0) is 4.74 Å². The Morgan fingerprint density at radius 1 is 1.36 bits per heavy atom. The zero-order chi connectivity index (χ0) is 18.4. The normalized spacial score (nSPS) is 20.9. The number of H-pyrrole nitrogens is 1. The van der Waals surface area contributed by atoms with E-state index in [-0.39, 0.29) is 18.7 Å². The third-order valence-corrected chi connectivity index (χ3v) is 4.12. The smallest absolute Gasteiger partial charge is 0.411 e. The number of amides is 1. The Hall–Kier alpha value is -2.41. The van der Waals surface area contributed by atoms with E-state index < -0.39 is 29.7 Å². The number of halogens is 1. The summed E-state index contributed by atoms with van der Waals surface area (Å²) in [6, 6.07) is 3.30. The van der Waals surface area contributed by atoms with Crippen molar-refractivity contribution in [3.8, 4) is 0 Å². The van der Waals surface area contributed by atoms with Gasteiger partial charge in [0.05, 0.1) is 12.6 Å². The van der Waals surface area contributed by atoms with Crippen molar-refractivity contribution in [1.29, 1.82) is 0 Å². The SMILES string of the molecule is CC(C)(C)OC(=O)N1C[C@@H](O)C[C@H]1C(=O)c1c[nH]c2cc(F)ccc12. The van der Waals surface area contributed by atoms with Gasteiger partial charge in [0.1, 0.15) is 17.5 Å². The number of aromatic amines is 1. The zero-order valence-electron chi connectivity index (χ0n) is 14.4. The van der Waals surface area contributed by atoms with Crippen molar-refractivity contribution in [3.63, 3.8) is 0 Å². The van der Waals surface area contributed by atoms with Gasteiger partial charge < -0.3 is 14.8 Å². The number of likely N-dealkylation sites (tertiary alicyclic amines) is 1. The van der Waals surface area contributed by atoms with E-state index in [4.69, 9.17) is 4.74 Å². The van der Waals surface area contributed by atoms with Crippen molar-refractivity contribution in [3.05, 3.63) is 35.8 Å². The van der Waals surface area contributed by atoms with E-state index in [2.05, 4.69) is 4.98 Å². The van der Waals surface area contributed by atoms with Crippen LogP contribution in [0.2, 0.25) is 0 Å². The predicted octanol–water partition coefficient (Wildman–Crippen LogP) is 2.86. The first-order chi connectivity index (χ1) is 11.7. The van der Waals surface area contributed by atoms with Crippen molar-refractivity contribution in [2.24, 2.45) is 0 Å². The molecule has 2 heterocycles. The number of β-amino-alcohol motifs (C(OH)–C–C–N with tert-alkyl or cyclic N) is 1. The maximum Gasteiger partial charge on any atom is 0.411 e. The largest absolute Gasteiger partial charge is 0.444 e. The summed E-state index contributed by atoms with van der Waals surface area (Å²) < 4.78 is 18.7. The molecule has 0 bridgehead atoms. The number of rotatable bonds is 2. The number of nitrogens with zero attached hydrogens (tertiary/aromatic N) is 1. The highest BCUT2D eigenvalue weighted by Crippen LogP contribution is 2.27. The van der Waals surface area contributed by atoms with Crippen LogP contribution in [0.4, 0.5) is 9.18 Å². The van der Waals surface area contributed by atoms with Crippen LogP contribution in [0.15, 0.2) is 24.4 Å². The van der Waals surface area contributed by atoms with Crippen LogP contribution in [0.25, 0.3) is 10.9 Å². The molecule has 3 rings (SSSR count). The van der Waals surface area contributed by atoms with Gasteiger partial charge in [-0.1, -0.05) is 0 Å². The van der Waals surface area contributed by atoms with Gasteiger partial charge >= 0.3 is 6.09 Å². The Morgan fingerprint density at radius 3 is 2.76 bits per heavy atom. The number of carbonyl (C=O) groups excluding carboxylic acids is 2. The molecule has 25 heavy (non-hydrogen) atoms. The van der Waals surface area contributed by atoms with Gasteiger partial charge in [0.2, 0.25) is 0 Å². The predicted molar refractivity (Wildman–Crippen MR) is 89.9 cm³/mol. The number of nitrogens with one attached hydrogen (secondary N) is 1. The van der Waals surface area contributed by atoms with Gasteiger partial charge in [-0.25, -0.2) is 9.18 Å². The highest BCUT2D eigenvalue weighted by atomic mass is 19.1. The second-order valence-corrected chi connectivity index (χ2v) is 7.29. The van der Waals surface area contributed by atoms with E-state index >= 15 is 0 Å². The van der Waals surface area contributed by atoms with Crippen molar-refractivity contribution in [2.75, 3.05) is 6.54 Å². The Balaban J connectivity index is 1.89. The molecule has 2 atom stereocenters. The average Bonchev–Trinajstić information content (AvgIpc) is 3.08. The Kier molecular flexibility index (Phi) is 4.28. The van der Waals surface area contributed by atoms with E-state index in [9.17, 15) is 19.1 Å². The lowest BCUT2D eigenvalue weighted by molar-refractivity contribution is 0.0206. The molecule has 1 fully saturated rings. The minimum absolute atomic E-state index is 0.0440. The first-order valence-corrected chi connectivity index (χ1v) is 8.14. The van der Waals surface area contributed by atoms with Gasteiger partial charge in [-0.05, 0) is 39.0 Å². The lowest BCUT2D eigenvalue weighted by atomic mass is 10.0. The van der Waals surface area contributed by atoms with Crippen LogP contribution in [0.3, 0.4) is 0 Å². The average molecular weight is 348 g/mol. The summed E-state index contributed by atoms with van der Waals surface area (Å²) in [6.45, 7) is 5.26. The first-order valence-electron chi connectivity index (χ1n) is 8.14. The van der Waals surface area contributed by atoms with Crippen LogP contribution in [0, 0.1) is 5.82 Å². The molecule has 1 aromatic carbocycles. The maximum atomic E-state index is 13.3. The monoisotopic (exact) mass is 348 g/mol. The van der Waals surface area contributed by atoms with Gasteiger partial charge in [-0.2, -0.15) is 0 Å². The number of benzene rings is 1. The number of aliphatic hydroxyl groups excluding tert-OH is 1. The summed E-state index contributed by atoms with van der Waals surface area (Å²) in [5, 5.41) is 10.5. The lowest BCUT2D eigenvalue weighted by Crippen LogP contribution is -2.43. The summed E-state index contributed by atoms with van der Waals surface area (Å²) in [6.07, 6.45) is 0.230. The third kappa shape index (κ3) is 3.51. The van der Waals surface area contributed by atoms with Gasteiger partial charge in [-0.15, -0.1) is 0 Å².